The Kier molecular flexibility index (Phi) is 3.41. The van der Waals surface area contributed by atoms with Gasteiger partial charge in [-0.1, -0.05) is 0 Å². The van der Waals surface area contributed by atoms with Crippen LogP contribution in [0.4, 0.5) is 5.69 Å². The maximum Gasteiger partial charge on any atom is 0.155 e. The average Bonchev–Trinajstić information content (AvgIpc) is 3.13. The van der Waals surface area contributed by atoms with Crippen molar-refractivity contribution in [1.82, 2.24) is 19.7 Å². The van der Waals surface area contributed by atoms with E-state index in [1.165, 1.54) is 6.33 Å². The second-order valence-corrected chi connectivity index (χ2v) is 4.80. The first-order valence-electron chi connectivity index (χ1n) is 6.48. The maximum atomic E-state index is 5.41. The second kappa shape index (κ2) is 5.36. The molecule has 0 aromatic carbocycles. The molecule has 0 aliphatic carbocycles. The van der Waals surface area contributed by atoms with Crippen LogP contribution in [0.2, 0.25) is 0 Å². The number of hydrogen-bond donors (Lipinski definition) is 1. The first-order chi connectivity index (χ1) is 9.33. The van der Waals surface area contributed by atoms with Crippen molar-refractivity contribution in [3.63, 3.8) is 0 Å². The zero-order valence-corrected chi connectivity index (χ0v) is 10.9. The van der Waals surface area contributed by atoms with Gasteiger partial charge in [0.05, 0.1) is 18.5 Å². The van der Waals surface area contributed by atoms with E-state index in [-0.39, 0.29) is 0 Å². The third kappa shape index (κ3) is 2.73. The van der Waals surface area contributed by atoms with Gasteiger partial charge >= 0.3 is 0 Å². The summed E-state index contributed by atoms with van der Waals surface area (Å²) < 4.78 is 7.05. The fourth-order valence-corrected chi connectivity index (χ4v) is 2.26. The standard InChI is InChI=1S/C13H17N5O/c1-10(11-4-5-19-7-11)17-12-2-3-13(15-6-12)18-9-14-8-16-18/h2-3,6,8-11,17H,4-5,7H2,1H3. The predicted octanol–water partition coefficient (Wildman–Crippen LogP) is 1.50. The number of aromatic nitrogens is 4. The van der Waals surface area contributed by atoms with Crippen LogP contribution in [-0.4, -0.2) is 39.0 Å². The van der Waals surface area contributed by atoms with Crippen LogP contribution in [-0.2, 0) is 4.74 Å². The van der Waals surface area contributed by atoms with Gasteiger partial charge < -0.3 is 10.1 Å². The van der Waals surface area contributed by atoms with Crippen molar-refractivity contribution in [2.75, 3.05) is 18.5 Å². The number of anilines is 1. The van der Waals surface area contributed by atoms with Crippen LogP contribution in [0, 0.1) is 5.92 Å². The SMILES string of the molecule is CC(Nc1ccc(-n2cncn2)nc1)C1CCOC1. The summed E-state index contributed by atoms with van der Waals surface area (Å²) in [5.74, 6) is 1.34. The Labute approximate surface area is 111 Å². The Hall–Kier alpha value is -1.95. The normalized spacial score (nSPS) is 20.4. The van der Waals surface area contributed by atoms with Crippen LogP contribution in [0.5, 0.6) is 0 Å². The Bertz CT molecular complexity index is 504. The lowest BCUT2D eigenvalue weighted by molar-refractivity contribution is 0.183. The largest absolute Gasteiger partial charge is 0.381 e. The van der Waals surface area contributed by atoms with Crippen LogP contribution in [0.1, 0.15) is 13.3 Å². The van der Waals surface area contributed by atoms with E-state index < -0.39 is 0 Å². The summed E-state index contributed by atoms with van der Waals surface area (Å²) in [4.78, 5) is 8.27. The maximum absolute atomic E-state index is 5.41. The second-order valence-electron chi connectivity index (χ2n) is 4.80. The third-order valence-electron chi connectivity index (χ3n) is 3.47. The van der Waals surface area contributed by atoms with Crippen molar-refractivity contribution >= 4 is 5.69 Å². The van der Waals surface area contributed by atoms with E-state index in [1.807, 2.05) is 18.3 Å². The summed E-state index contributed by atoms with van der Waals surface area (Å²) in [6.07, 6.45) is 6.08. The molecule has 0 radical (unpaired) electrons. The summed E-state index contributed by atoms with van der Waals surface area (Å²) in [7, 11) is 0. The lowest BCUT2D eigenvalue weighted by Crippen LogP contribution is -2.26. The van der Waals surface area contributed by atoms with Gasteiger partial charge in [-0.3, -0.25) is 0 Å². The van der Waals surface area contributed by atoms with E-state index in [4.69, 9.17) is 4.74 Å². The van der Waals surface area contributed by atoms with E-state index >= 15 is 0 Å². The van der Waals surface area contributed by atoms with E-state index in [0.29, 0.717) is 12.0 Å². The average molecular weight is 259 g/mol. The highest BCUT2D eigenvalue weighted by molar-refractivity contribution is 5.44. The summed E-state index contributed by atoms with van der Waals surface area (Å²) in [6.45, 7) is 3.91. The van der Waals surface area contributed by atoms with Crippen LogP contribution >= 0.6 is 0 Å². The van der Waals surface area contributed by atoms with Crippen molar-refractivity contribution in [1.29, 1.82) is 0 Å². The van der Waals surface area contributed by atoms with Gasteiger partial charge in [-0.05, 0) is 25.5 Å². The predicted molar refractivity (Wildman–Crippen MR) is 71.2 cm³/mol. The van der Waals surface area contributed by atoms with Crippen LogP contribution < -0.4 is 5.32 Å². The monoisotopic (exact) mass is 259 g/mol. The van der Waals surface area contributed by atoms with E-state index in [0.717, 1.165) is 31.1 Å². The first kappa shape index (κ1) is 12.1. The quantitative estimate of drug-likeness (QED) is 0.901. The zero-order chi connectivity index (χ0) is 13.1. The van der Waals surface area contributed by atoms with Crippen LogP contribution in [0.15, 0.2) is 31.0 Å². The molecular formula is C13H17N5O. The molecule has 2 atom stereocenters. The molecule has 0 amide bonds. The van der Waals surface area contributed by atoms with Crippen molar-refractivity contribution in [2.24, 2.45) is 5.92 Å². The Morgan fingerprint density at radius 2 is 2.42 bits per heavy atom. The van der Waals surface area contributed by atoms with Crippen molar-refractivity contribution in [3.8, 4) is 5.82 Å². The van der Waals surface area contributed by atoms with E-state index in [9.17, 15) is 0 Å². The molecule has 2 aromatic heterocycles. The summed E-state index contributed by atoms with van der Waals surface area (Å²) in [5, 5.41) is 7.51. The molecule has 1 N–H and O–H groups in total. The molecule has 1 saturated heterocycles. The van der Waals surface area contributed by atoms with E-state index in [1.54, 1.807) is 11.0 Å². The molecule has 6 nitrogen and oxygen atoms in total. The zero-order valence-electron chi connectivity index (χ0n) is 10.9. The Morgan fingerprint density at radius 1 is 1.47 bits per heavy atom. The lowest BCUT2D eigenvalue weighted by Gasteiger charge is -2.20. The van der Waals surface area contributed by atoms with Gasteiger partial charge in [0, 0.05) is 18.6 Å². The first-order valence-corrected chi connectivity index (χ1v) is 6.48. The molecule has 6 heteroatoms. The minimum Gasteiger partial charge on any atom is -0.381 e. The highest BCUT2D eigenvalue weighted by Gasteiger charge is 2.22. The smallest absolute Gasteiger partial charge is 0.155 e. The molecule has 1 aliphatic rings. The molecule has 19 heavy (non-hydrogen) atoms. The molecule has 0 spiro atoms. The molecule has 0 saturated carbocycles. The molecule has 1 fully saturated rings. The molecule has 2 aromatic rings. The van der Waals surface area contributed by atoms with Gasteiger partial charge in [0.2, 0.25) is 0 Å². The van der Waals surface area contributed by atoms with Gasteiger partial charge in [0.1, 0.15) is 12.7 Å². The van der Waals surface area contributed by atoms with Crippen molar-refractivity contribution < 1.29 is 4.74 Å². The molecule has 1 aliphatic heterocycles. The van der Waals surface area contributed by atoms with Crippen molar-refractivity contribution in [2.45, 2.75) is 19.4 Å². The topological polar surface area (TPSA) is 64.9 Å². The van der Waals surface area contributed by atoms with Gasteiger partial charge in [-0.25, -0.2) is 14.6 Å². The van der Waals surface area contributed by atoms with Gasteiger partial charge in [0.25, 0.3) is 0 Å². The molecular weight excluding hydrogens is 242 g/mol. The van der Waals surface area contributed by atoms with Gasteiger partial charge in [-0.15, -0.1) is 0 Å². The summed E-state index contributed by atoms with van der Waals surface area (Å²) >= 11 is 0. The molecule has 0 bridgehead atoms. The number of nitrogens with one attached hydrogen (secondary N) is 1. The molecule has 3 rings (SSSR count). The Morgan fingerprint density at radius 3 is 3.05 bits per heavy atom. The fraction of sp³-hybridized carbons (Fsp3) is 0.462. The minimum absolute atomic E-state index is 0.390. The number of pyridine rings is 1. The Balaban J connectivity index is 1.65. The number of ether oxygens (including phenoxy) is 1. The minimum atomic E-state index is 0.390. The summed E-state index contributed by atoms with van der Waals surface area (Å²) in [5.41, 5.74) is 1.02. The fourth-order valence-electron chi connectivity index (χ4n) is 2.26. The number of rotatable bonds is 4. The molecule has 2 unspecified atom stereocenters. The number of hydrogen-bond acceptors (Lipinski definition) is 5. The van der Waals surface area contributed by atoms with Gasteiger partial charge in [0.15, 0.2) is 5.82 Å². The lowest BCUT2D eigenvalue weighted by atomic mass is 10.0. The highest BCUT2D eigenvalue weighted by Crippen LogP contribution is 2.20. The highest BCUT2D eigenvalue weighted by atomic mass is 16.5. The molecule has 3 heterocycles. The number of nitrogens with zero attached hydrogens (tertiary/aromatic N) is 4. The van der Waals surface area contributed by atoms with E-state index in [2.05, 4.69) is 27.3 Å². The van der Waals surface area contributed by atoms with Crippen molar-refractivity contribution in [3.05, 3.63) is 31.0 Å². The van der Waals surface area contributed by atoms with Crippen LogP contribution in [0.25, 0.3) is 5.82 Å². The van der Waals surface area contributed by atoms with Gasteiger partial charge in [-0.2, -0.15) is 5.10 Å². The third-order valence-corrected chi connectivity index (χ3v) is 3.47. The van der Waals surface area contributed by atoms with Crippen LogP contribution in [0.3, 0.4) is 0 Å². The summed E-state index contributed by atoms with van der Waals surface area (Å²) in [6, 6.07) is 4.33. The molecule has 100 valence electrons.